The monoisotopic (exact) mass is 334 g/mol. The van der Waals surface area contributed by atoms with E-state index < -0.39 is 0 Å². The molecule has 0 saturated carbocycles. The van der Waals surface area contributed by atoms with Gasteiger partial charge in [-0.1, -0.05) is 6.92 Å². The first-order chi connectivity index (χ1) is 10.9. The zero-order valence-corrected chi connectivity index (χ0v) is 15.2. The summed E-state index contributed by atoms with van der Waals surface area (Å²) in [7, 11) is 0. The molecule has 0 aromatic heterocycles. The van der Waals surface area contributed by atoms with Crippen molar-refractivity contribution in [3.05, 3.63) is 24.3 Å². The van der Waals surface area contributed by atoms with Gasteiger partial charge in [-0.15, -0.1) is 11.8 Å². The van der Waals surface area contributed by atoms with Crippen molar-refractivity contribution in [2.45, 2.75) is 56.7 Å². The van der Waals surface area contributed by atoms with Crippen molar-refractivity contribution in [2.75, 3.05) is 11.9 Å². The van der Waals surface area contributed by atoms with Crippen LogP contribution in [0.25, 0.3) is 0 Å². The Morgan fingerprint density at radius 3 is 2.52 bits per heavy atom. The van der Waals surface area contributed by atoms with E-state index in [4.69, 9.17) is 0 Å². The van der Waals surface area contributed by atoms with Gasteiger partial charge in [0.25, 0.3) is 0 Å². The van der Waals surface area contributed by atoms with E-state index in [9.17, 15) is 9.59 Å². The Morgan fingerprint density at radius 1 is 1.26 bits per heavy atom. The van der Waals surface area contributed by atoms with Crippen molar-refractivity contribution < 1.29 is 9.59 Å². The standard InChI is InChI=1S/C18H26N2O2S/c1-12-6-5-11-20(13(12)2)18(22)14(3)23-17-9-7-16(8-10-17)19-15(4)21/h7-10,12-14H,5-6,11H2,1-4H3,(H,19,21). The molecule has 23 heavy (non-hydrogen) atoms. The number of benzene rings is 1. The number of likely N-dealkylation sites (tertiary alicyclic amines) is 1. The van der Waals surface area contributed by atoms with Crippen LogP contribution < -0.4 is 5.32 Å². The van der Waals surface area contributed by atoms with Crippen LogP contribution in [0, 0.1) is 5.92 Å². The molecule has 1 fully saturated rings. The molecule has 3 unspecified atom stereocenters. The molecule has 1 aliphatic heterocycles. The number of carbonyl (C=O) groups excluding carboxylic acids is 2. The van der Waals surface area contributed by atoms with Crippen LogP contribution in [-0.4, -0.2) is 34.6 Å². The molecule has 5 heteroatoms. The number of hydrogen-bond acceptors (Lipinski definition) is 3. The lowest BCUT2D eigenvalue weighted by molar-refractivity contribution is -0.134. The minimum atomic E-state index is -0.102. The molecule has 0 bridgehead atoms. The zero-order chi connectivity index (χ0) is 17.0. The SMILES string of the molecule is CC(=O)Nc1ccc(SC(C)C(=O)N2CCCC(C)C2C)cc1. The molecule has 1 heterocycles. The predicted octanol–water partition coefficient (Wildman–Crippen LogP) is 3.77. The maximum atomic E-state index is 12.7. The summed E-state index contributed by atoms with van der Waals surface area (Å²) in [4.78, 5) is 26.8. The van der Waals surface area contributed by atoms with E-state index in [1.165, 1.54) is 13.3 Å². The van der Waals surface area contributed by atoms with Gasteiger partial charge in [-0.25, -0.2) is 0 Å². The topological polar surface area (TPSA) is 49.4 Å². The predicted molar refractivity (Wildman–Crippen MR) is 95.6 cm³/mol. The lowest BCUT2D eigenvalue weighted by Crippen LogP contribution is -2.48. The van der Waals surface area contributed by atoms with Gasteiger partial charge in [0.1, 0.15) is 0 Å². The van der Waals surface area contributed by atoms with E-state index in [1.54, 1.807) is 11.8 Å². The average molecular weight is 334 g/mol. The molecule has 1 aromatic carbocycles. The van der Waals surface area contributed by atoms with E-state index >= 15 is 0 Å². The number of piperidine rings is 1. The highest BCUT2D eigenvalue weighted by atomic mass is 32.2. The molecule has 4 nitrogen and oxygen atoms in total. The largest absolute Gasteiger partial charge is 0.339 e. The molecule has 3 atom stereocenters. The van der Waals surface area contributed by atoms with Gasteiger partial charge in [-0.05, 0) is 56.9 Å². The fourth-order valence-electron chi connectivity index (χ4n) is 2.95. The van der Waals surface area contributed by atoms with Gasteiger partial charge in [0.2, 0.25) is 11.8 Å². The van der Waals surface area contributed by atoms with Crippen LogP contribution in [0.1, 0.15) is 40.5 Å². The summed E-state index contributed by atoms with van der Waals surface area (Å²) in [6.07, 6.45) is 2.30. The first kappa shape index (κ1) is 17.9. The minimum Gasteiger partial charge on any atom is -0.339 e. The number of amides is 2. The Morgan fingerprint density at radius 2 is 1.91 bits per heavy atom. The van der Waals surface area contributed by atoms with Crippen molar-refractivity contribution >= 4 is 29.3 Å². The quantitative estimate of drug-likeness (QED) is 0.853. The molecule has 1 N–H and O–H groups in total. The fourth-order valence-corrected chi connectivity index (χ4v) is 3.89. The van der Waals surface area contributed by atoms with Crippen molar-refractivity contribution in [2.24, 2.45) is 5.92 Å². The number of hydrogen-bond donors (Lipinski definition) is 1. The summed E-state index contributed by atoms with van der Waals surface area (Å²) in [5, 5.41) is 2.64. The Hall–Kier alpha value is -1.49. The molecule has 2 amide bonds. The lowest BCUT2D eigenvalue weighted by atomic mass is 9.92. The molecule has 0 radical (unpaired) electrons. The second kappa shape index (κ2) is 7.86. The van der Waals surface area contributed by atoms with Crippen molar-refractivity contribution in [1.82, 2.24) is 4.90 Å². The molecule has 1 aliphatic rings. The Kier molecular flexibility index (Phi) is 6.10. The van der Waals surface area contributed by atoms with E-state index in [0.29, 0.717) is 12.0 Å². The molecule has 2 rings (SSSR count). The lowest BCUT2D eigenvalue weighted by Gasteiger charge is -2.39. The van der Waals surface area contributed by atoms with E-state index in [0.717, 1.165) is 23.5 Å². The zero-order valence-electron chi connectivity index (χ0n) is 14.3. The van der Waals surface area contributed by atoms with Gasteiger partial charge in [0, 0.05) is 30.1 Å². The van der Waals surface area contributed by atoms with Crippen LogP contribution in [-0.2, 0) is 9.59 Å². The normalized spacial score (nSPS) is 22.5. The average Bonchev–Trinajstić information content (AvgIpc) is 2.50. The highest BCUT2D eigenvalue weighted by Gasteiger charge is 2.31. The van der Waals surface area contributed by atoms with Gasteiger partial charge < -0.3 is 10.2 Å². The highest BCUT2D eigenvalue weighted by molar-refractivity contribution is 8.00. The van der Waals surface area contributed by atoms with Crippen LogP contribution in [0.4, 0.5) is 5.69 Å². The number of thioether (sulfide) groups is 1. The minimum absolute atomic E-state index is 0.0813. The number of anilines is 1. The maximum Gasteiger partial charge on any atom is 0.236 e. The number of rotatable bonds is 4. The molecule has 1 aromatic rings. The van der Waals surface area contributed by atoms with Crippen LogP contribution in [0.3, 0.4) is 0 Å². The van der Waals surface area contributed by atoms with E-state index in [2.05, 4.69) is 19.2 Å². The molecule has 0 aliphatic carbocycles. The summed E-state index contributed by atoms with van der Waals surface area (Å²) in [6.45, 7) is 8.71. The van der Waals surface area contributed by atoms with Gasteiger partial charge in [-0.2, -0.15) is 0 Å². The summed E-state index contributed by atoms with van der Waals surface area (Å²) >= 11 is 1.57. The second-order valence-corrected chi connectivity index (χ2v) is 7.77. The van der Waals surface area contributed by atoms with Crippen molar-refractivity contribution in [3.63, 3.8) is 0 Å². The first-order valence-electron chi connectivity index (χ1n) is 8.23. The fraction of sp³-hybridized carbons (Fsp3) is 0.556. The molecule has 0 spiro atoms. The third-order valence-corrected chi connectivity index (χ3v) is 5.59. The van der Waals surface area contributed by atoms with Crippen LogP contribution in [0.15, 0.2) is 29.2 Å². The molecule has 126 valence electrons. The highest BCUT2D eigenvalue weighted by Crippen LogP contribution is 2.29. The smallest absolute Gasteiger partial charge is 0.236 e. The maximum absolute atomic E-state index is 12.7. The number of carbonyl (C=O) groups is 2. The second-order valence-electron chi connectivity index (χ2n) is 6.36. The van der Waals surface area contributed by atoms with Crippen LogP contribution in [0.5, 0.6) is 0 Å². The third kappa shape index (κ3) is 4.74. The molecule has 1 saturated heterocycles. The Labute approximate surface area is 143 Å². The molecular formula is C18H26N2O2S. The summed E-state index contributed by atoms with van der Waals surface area (Å²) in [6, 6.07) is 7.95. The van der Waals surface area contributed by atoms with Crippen molar-refractivity contribution in [1.29, 1.82) is 0 Å². The van der Waals surface area contributed by atoms with Gasteiger partial charge in [-0.3, -0.25) is 9.59 Å². The van der Waals surface area contributed by atoms with Crippen molar-refractivity contribution in [3.8, 4) is 0 Å². The van der Waals surface area contributed by atoms with Crippen LogP contribution >= 0.6 is 11.8 Å². The summed E-state index contributed by atoms with van der Waals surface area (Å²) in [5.41, 5.74) is 0.777. The Balaban J connectivity index is 1.96. The summed E-state index contributed by atoms with van der Waals surface area (Å²) < 4.78 is 0. The summed E-state index contributed by atoms with van der Waals surface area (Å²) in [5.74, 6) is 0.712. The Bertz CT molecular complexity index is 559. The van der Waals surface area contributed by atoms with Gasteiger partial charge >= 0.3 is 0 Å². The first-order valence-corrected chi connectivity index (χ1v) is 9.11. The van der Waals surface area contributed by atoms with Gasteiger partial charge in [0.05, 0.1) is 5.25 Å². The van der Waals surface area contributed by atoms with E-state index in [-0.39, 0.29) is 17.1 Å². The van der Waals surface area contributed by atoms with Crippen LogP contribution in [0.2, 0.25) is 0 Å². The van der Waals surface area contributed by atoms with Gasteiger partial charge in [0.15, 0.2) is 0 Å². The number of nitrogens with zero attached hydrogens (tertiary/aromatic N) is 1. The number of nitrogens with one attached hydrogen (secondary N) is 1. The van der Waals surface area contributed by atoms with E-state index in [1.807, 2.05) is 36.1 Å². The molecular weight excluding hydrogens is 308 g/mol. The third-order valence-electron chi connectivity index (χ3n) is 4.49.